The summed E-state index contributed by atoms with van der Waals surface area (Å²) in [5.74, 6) is -1.22. The summed E-state index contributed by atoms with van der Waals surface area (Å²) in [5, 5.41) is 10.4. The monoisotopic (exact) mass is 286 g/mol. The molecule has 0 aromatic heterocycles. The number of hydrogen-bond acceptors (Lipinski definition) is 7. The Bertz CT molecular complexity index is 444. The SMILES string of the molecule is CO[C@H]1O[C@H]([C@@H](O)C2=CC(=O)OC2)[C@@H]2OC(C)(C)O[C@H]12. The van der Waals surface area contributed by atoms with E-state index in [2.05, 4.69) is 0 Å². The molecule has 3 heterocycles. The largest absolute Gasteiger partial charge is 0.458 e. The third-order valence-corrected chi connectivity index (χ3v) is 3.65. The number of esters is 1. The maximum absolute atomic E-state index is 11.1. The van der Waals surface area contributed by atoms with Crippen molar-refractivity contribution in [3.8, 4) is 0 Å². The van der Waals surface area contributed by atoms with Crippen molar-refractivity contribution in [3.63, 3.8) is 0 Å². The third kappa shape index (κ3) is 2.25. The second-order valence-corrected chi connectivity index (χ2v) is 5.54. The van der Waals surface area contributed by atoms with E-state index in [0.29, 0.717) is 5.57 Å². The van der Waals surface area contributed by atoms with Crippen LogP contribution >= 0.6 is 0 Å². The number of aliphatic hydroxyl groups is 1. The van der Waals surface area contributed by atoms with Gasteiger partial charge in [0.15, 0.2) is 12.1 Å². The summed E-state index contributed by atoms with van der Waals surface area (Å²) < 4.78 is 27.2. The highest BCUT2D eigenvalue weighted by Crippen LogP contribution is 2.41. The quantitative estimate of drug-likeness (QED) is 0.714. The molecule has 0 aromatic carbocycles. The number of rotatable bonds is 3. The molecule has 0 radical (unpaired) electrons. The maximum Gasteiger partial charge on any atom is 0.331 e. The summed E-state index contributed by atoms with van der Waals surface area (Å²) in [6, 6.07) is 0. The summed E-state index contributed by atoms with van der Waals surface area (Å²) in [7, 11) is 1.51. The van der Waals surface area contributed by atoms with Gasteiger partial charge in [-0.15, -0.1) is 0 Å². The first-order valence-corrected chi connectivity index (χ1v) is 6.50. The molecule has 20 heavy (non-hydrogen) atoms. The molecular formula is C13H18O7. The van der Waals surface area contributed by atoms with Crippen LogP contribution in [0.3, 0.4) is 0 Å². The van der Waals surface area contributed by atoms with Gasteiger partial charge in [0.05, 0.1) is 0 Å². The molecule has 0 amide bonds. The minimum Gasteiger partial charge on any atom is -0.458 e. The number of ether oxygens (including phenoxy) is 5. The Kier molecular flexibility index (Phi) is 3.34. The second-order valence-electron chi connectivity index (χ2n) is 5.54. The Morgan fingerprint density at radius 3 is 2.70 bits per heavy atom. The Morgan fingerprint density at radius 1 is 1.40 bits per heavy atom. The minimum absolute atomic E-state index is 0.0686. The summed E-state index contributed by atoms with van der Waals surface area (Å²) in [6.45, 7) is 3.66. The lowest BCUT2D eigenvalue weighted by molar-refractivity contribution is -0.234. The van der Waals surface area contributed by atoms with Crippen LogP contribution in [0.2, 0.25) is 0 Å². The van der Waals surface area contributed by atoms with Gasteiger partial charge >= 0.3 is 5.97 Å². The molecule has 112 valence electrons. The minimum atomic E-state index is -0.994. The lowest BCUT2D eigenvalue weighted by atomic mass is 10.00. The van der Waals surface area contributed by atoms with Crippen molar-refractivity contribution in [2.24, 2.45) is 0 Å². The zero-order valence-corrected chi connectivity index (χ0v) is 11.6. The van der Waals surface area contributed by atoms with Crippen LogP contribution in [-0.4, -0.2) is 61.3 Å². The lowest BCUT2D eigenvalue weighted by Crippen LogP contribution is -2.39. The smallest absolute Gasteiger partial charge is 0.331 e. The third-order valence-electron chi connectivity index (χ3n) is 3.65. The zero-order valence-electron chi connectivity index (χ0n) is 11.6. The van der Waals surface area contributed by atoms with Crippen LogP contribution in [-0.2, 0) is 28.5 Å². The van der Waals surface area contributed by atoms with Crippen LogP contribution in [0.5, 0.6) is 0 Å². The number of hydrogen-bond donors (Lipinski definition) is 1. The summed E-state index contributed by atoms with van der Waals surface area (Å²) in [5.41, 5.74) is 0.476. The lowest BCUT2D eigenvalue weighted by Gasteiger charge is -2.26. The molecule has 0 saturated carbocycles. The molecule has 0 aliphatic carbocycles. The highest BCUT2D eigenvalue weighted by molar-refractivity contribution is 5.85. The van der Waals surface area contributed by atoms with Crippen molar-refractivity contribution in [2.45, 2.75) is 50.3 Å². The normalized spacial score (nSPS) is 40.4. The molecule has 3 aliphatic heterocycles. The Labute approximate surface area is 116 Å². The highest BCUT2D eigenvalue weighted by atomic mass is 16.8. The number of carbonyl (C=O) groups excluding carboxylic acids is 1. The Morgan fingerprint density at radius 2 is 2.10 bits per heavy atom. The number of carbonyl (C=O) groups is 1. The van der Waals surface area contributed by atoms with Crippen molar-refractivity contribution >= 4 is 5.97 Å². The topological polar surface area (TPSA) is 83.5 Å². The average molecular weight is 286 g/mol. The number of methoxy groups -OCH3 is 1. The summed E-state index contributed by atoms with van der Waals surface area (Å²) in [6.07, 6.45) is -1.85. The van der Waals surface area contributed by atoms with E-state index in [-0.39, 0.29) is 6.61 Å². The average Bonchev–Trinajstić information content (AvgIpc) is 3.01. The first kappa shape index (κ1) is 14.0. The number of fused-ring (bicyclic) bond motifs is 1. The van der Waals surface area contributed by atoms with E-state index in [0.717, 1.165) is 0 Å². The van der Waals surface area contributed by atoms with Gasteiger partial charge in [0.25, 0.3) is 0 Å². The van der Waals surface area contributed by atoms with E-state index in [1.807, 2.05) is 0 Å². The van der Waals surface area contributed by atoms with Crippen LogP contribution in [0.15, 0.2) is 11.6 Å². The van der Waals surface area contributed by atoms with Crippen LogP contribution in [0.25, 0.3) is 0 Å². The van der Waals surface area contributed by atoms with Crippen LogP contribution in [0.4, 0.5) is 0 Å². The molecule has 3 rings (SSSR count). The van der Waals surface area contributed by atoms with E-state index < -0.39 is 42.5 Å². The van der Waals surface area contributed by atoms with Gasteiger partial charge in [-0.3, -0.25) is 0 Å². The highest BCUT2D eigenvalue weighted by Gasteiger charge is 2.57. The molecular weight excluding hydrogens is 268 g/mol. The van der Waals surface area contributed by atoms with E-state index in [1.54, 1.807) is 13.8 Å². The van der Waals surface area contributed by atoms with Crippen molar-refractivity contribution in [1.29, 1.82) is 0 Å². The van der Waals surface area contributed by atoms with Crippen LogP contribution in [0, 0.1) is 0 Å². The van der Waals surface area contributed by atoms with Gasteiger partial charge < -0.3 is 28.8 Å². The van der Waals surface area contributed by atoms with Crippen LogP contribution < -0.4 is 0 Å². The first-order valence-electron chi connectivity index (χ1n) is 6.50. The van der Waals surface area contributed by atoms with Gasteiger partial charge in [-0.25, -0.2) is 4.79 Å². The van der Waals surface area contributed by atoms with E-state index in [1.165, 1.54) is 13.2 Å². The molecule has 5 atom stereocenters. The van der Waals surface area contributed by atoms with Gasteiger partial charge in [0.2, 0.25) is 0 Å². The molecule has 1 N–H and O–H groups in total. The van der Waals surface area contributed by atoms with E-state index in [9.17, 15) is 9.90 Å². The second kappa shape index (κ2) is 4.78. The number of cyclic esters (lactones) is 1. The molecule has 2 fully saturated rings. The molecule has 0 spiro atoms. The predicted octanol–water partition coefficient (Wildman–Crippen LogP) is -0.278. The van der Waals surface area contributed by atoms with Crippen molar-refractivity contribution in [2.75, 3.05) is 13.7 Å². The van der Waals surface area contributed by atoms with E-state index >= 15 is 0 Å². The van der Waals surface area contributed by atoms with Crippen molar-refractivity contribution in [3.05, 3.63) is 11.6 Å². The van der Waals surface area contributed by atoms with Gasteiger partial charge in [0.1, 0.15) is 31.0 Å². The Hall–Kier alpha value is -0.990. The fraction of sp³-hybridized carbons (Fsp3) is 0.769. The van der Waals surface area contributed by atoms with Crippen molar-refractivity contribution in [1.82, 2.24) is 0 Å². The van der Waals surface area contributed by atoms with Gasteiger partial charge in [-0.1, -0.05) is 0 Å². The summed E-state index contributed by atoms with van der Waals surface area (Å²) >= 11 is 0. The fourth-order valence-corrected chi connectivity index (χ4v) is 2.81. The standard InChI is InChI=1S/C13H18O7/c1-13(2)19-10-9(18-12(16-3)11(10)20-13)8(15)6-4-7(14)17-5-6/h4,8-12,15H,5H2,1-3H3/t8-,9+,10-,11-,12-/m0/s1. The molecule has 2 saturated heterocycles. The Balaban J connectivity index is 1.80. The van der Waals surface area contributed by atoms with Gasteiger partial charge in [0, 0.05) is 18.8 Å². The predicted molar refractivity (Wildman–Crippen MR) is 64.5 cm³/mol. The zero-order chi connectivity index (χ0) is 14.5. The van der Waals surface area contributed by atoms with E-state index in [4.69, 9.17) is 23.7 Å². The molecule has 7 nitrogen and oxygen atoms in total. The van der Waals surface area contributed by atoms with Crippen LogP contribution in [0.1, 0.15) is 13.8 Å². The van der Waals surface area contributed by atoms with Gasteiger partial charge in [-0.2, -0.15) is 0 Å². The molecule has 7 heteroatoms. The molecule has 0 bridgehead atoms. The first-order chi connectivity index (χ1) is 9.41. The molecule has 3 aliphatic rings. The van der Waals surface area contributed by atoms with Crippen molar-refractivity contribution < 1.29 is 33.6 Å². The number of aliphatic hydroxyl groups excluding tert-OH is 1. The fourth-order valence-electron chi connectivity index (χ4n) is 2.81. The summed E-state index contributed by atoms with van der Waals surface area (Å²) in [4.78, 5) is 11.1. The van der Waals surface area contributed by atoms with Gasteiger partial charge in [-0.05, 0) is 13.8 Å². The molecule has 0 unspecified atom stereocenters. The maximum atomic E-state index is 11.1. The molecule has 0 aromatic rings.